The van der Waals surface area contributed by atoms with Gasteiger partial charge in [-0.2, -0.15) is 13.2 Å². The lowest BCUT2D eigenvalue weighted by Gasteiger charge is -2.35. The van der Waals surface area contributed by atoms with Gasteiger partial charge in [-0.25, -0.2) is 0 Å². The highest BCUT2D eigenvalue weighted by molar-refractivity contribution is 6.05. The van der Waals surface area contributed by atoms with Crippen molar-refractivity contribution in [2.75, 3.05) is 31.5 Å². The van der Waals surface area contributed by atoms with Crippen molar-refractivity contribution < 1.29 is 27.6 Å². The molecular formula is C25H21F3N4O3. The van der Waals surface area contributed by atoms with Crippen molar-refractivity contribution in [2.24, 2.45) is 0 Å². The van der Waals surface area contributed by atoms with Crippen LogP contribution in [-0.4, -0.2) is 58.7 Å². The third-order valence-corrected chi connectivity index (χ3v) is 5.61. The van der Waals surface area contributed by atoms with Crippen LogP contribution >= 0.6 is 0 Å². The Morgan fingerprint density at radius 1 is 0.800 bits per heavy atom. The highest BCUT2D eigenvalue weighted by atomic mass is 19.4. The Balaban J connectivity index is 1.40. The van der Waals surface area contributed by atoms with Gasteiger partial charge in [-0.3, -0.25) is 19.4 Å². The summed E-state index contributed by atoms with van der Waals surface area (Å²) in [5, 5.41) is 2.72. The Hall–Kier alpha value is -4.21. The quantitative estimate of drug-likeness (QED) is 0.611. The van der Waals surface area contributed by atoms with Crippen LogP contribution in [0.3, 0.4) is 0 Å². The molecular weight excluding hydrogens is 461 g/mol. The standard InChI is InChI=1S/C25H21F3N4O3/c26-25(27,28)21-9-2-1-8-20(21)24(35)32-13-11-31(12-14-32)23(34)17-5-3-7-19(15-17)30-22(33)18-6-4-10-29-16-18/h1-10,15-16H,11-14H2,(H,30,33). The molecule has 2 heterocycles. The first-order valence-corrected chi connectivity index (χ1v) is 10.8. The molecule has 1 N–H and O–H groups in total. The highest BCUT2D eigenvalue weighted by Crippen LogP contribution is 2.32. The lowest BCUT2D eigenvalue weighted by atomic mass is 10.1. The van der Waals surface area contributed by atoms with Gasteiger partial charge in [0.25, 0.3) is 17.7 Å². The average molecular weight is 482 g/mol. The van der Waals surface area contributed by atoms with Gasteiger partial charge in [0.15, 0.2) is 0 Å². The van der Waals surface area contributed by atoms with Crippen LogP contribution in [0.15, 0.2) is 73.1 Å². The first-order valence-electron chi connectivity index (χ1n) is 10.8. The molecule has 1 aliphatic rings. The maximum absolute atomic E-state index is 13.3. The number of aromatic nitrogens is 1. The Morgan fingerprint density at radius 3 is 2.11 bits per heavy atom. The number of benzene rings is 2. The highest BCUT2D eigenvalue weighted by Gasteiger charge is 2.36. The van der Waals surface area contributed by atoms with Crippen LogP contribution in [0.5, 0.6) is 0 Å². The molecule has 4 rings (SSSR count). The molecule has 0 spiro atoms. The molecule has 10 heteroatoms. The predicted molar refractivity (Wildman–Crippen MR) is 122 cm³/mol. The number of pyridine rings is 1. The molecule has 1 saturated heterocycles. The largest absolute Gasteiger partial charge is 0.417 e. The van der Waals surface area contributed by atoms with Crippen LogP contribution in [0, 0.1) is 0 Å². The number of hydrogen-bond acceptors (Lipinski definition) is 4. The van der Waals surface area contributed by atoms with E-state index in [-0.39, 0.29) is 38.0 Å². The van der Waals surface area contributed by atoms with Crippen molar-refractivity contribution in [3.8, 4) is 0 Å². The second-order valence-corrected chi connectivity index (χ2v) is 7.90. The van der Waals surface area contributed by atoms with Crippen molar-refractivity contribution in [1.29, 1.82) is 0 Å². The van der Waals surface area contributed by atoms with E-state index < -0.39 is 23.2 Å². The molecule has 0 unspecified atom stereocenters. The van der Waals surface area contributed by atoms with Gasteiger partial charge in [0, 0.05) is 49.8 Å². The van der Waals surface area contributed by atoms with Gasteiger partial charge in [-0.15, -0.1) is 0 Å². The smallest absolute Gasteiger partial charge is 0.335 e. The van der Waals surface area contributed by atoms with E-state index in [0.29, 0.717) is 16.8 Å². The van der Waals surface area contributed by atoms with Gasteiger partial charge in [-0.1, -0.05) is 18.2 Å². The summed E-state index contributed by atoms with van der Waals surface area (Å²) in [4.78, 5) is 44.8. The zero-order valence-electron chi connectivity index (χ0n) is 18.5. The van der Waals surface area contributed by atoms with E-state index >= 15 is 0 Å². The molecule has 1 aromatic heterocycles. The van der Waals surface area contributed by atoms with Gasteiger partial charge in [0.1, 0.15) is 0 Å². The summed E-state index contributed by atoms with van der Waals surface area (Å²) in [5.74, 6) is -1.38. The molecule has 180 valence electrons. The van der Waals surface area contributed by atoms with Crippen molar-refractivity contribution in [3.05, 3.63) is 95.3 Å². The lowest BCUT2D eigenvalue weighted by Crippen LogP contribution is -2.50. The van der Waals surface area contributed by atoms with Crippen molar-refractivity contribution in [1.82, 2.24) is 14.8 Å². The molecule has 35 heavy (non-hydrogen) atoms. The van der Waals surface area contributed by atoms with Crippen molar-refractivity contribution in [3.63, 3.8) is 0 Å². The summed E-state index contributed by atoms with van der Waals surface area (Å²) >= 11 is 0. The monoisotopic (exact) mass is 482 g/mol. The Labute approximate surface area is 199 Å². The van der Waals surface area contributed by atoms with Crippen LogP contribution < -0.4 is 5.32 Å². The van der Waals surface area contributed by atoms with Gasteiger partial charge >= 0.3 is 6.18 Å². The minimum Gasteiger partial charge on any atom is -0.335 e. The van der Waals surface area contributed by atoms with Gasteiger partial charge in [-0.05, 0) is 42.5 Å². The molecule has 0 radical (unpaired) electrons. The molecule has 7 nitrogen and oxygen atoms in total. The second-order valence-electron chi connectivity index (χ2n) is 7.90. The number of amides is 3. The molecule has 3 aromatic rings. The average Bonchev–Trinajstić information content (AvgIpc) is 2.88. The summed E-state index contributed by atoms with van der Waals surface area (Å²) in [6.07, 6.45) is -1.65. The third kappa shape index (κ3) is 5.48. The molecule has 1 aliphatic heterocycles. The minimum atomic E-state index is -4.64. The van der Waals surface area contributed by atoms with E-state index in [0.717, 1.165) is 12.1 Å². The maximum atomic E-state index is 13.3. The Morgan fingerprint density at radius 2 is 1.46 bits per heavy atom. The van der Waals surface area contributed by atoms with Crippen LogP contribution in [-0.2, 0) is 6.18 Å². The number of nitrogens with zero attached hydrogens (tertiary/aromatic N) is 3. The fourth-order valence-corrected chi connectivity index (χ4v) is 3.81. The number of alkyl halides is 3. The molecule has 0 bridgehead atoms. The second kappa shape index (κ2) is 9.96. The Kier molecular flexibility index (Phi) is 6.81. The van der Waals surface area contributed by atoms with Gasteiger partial charge in [0.05, 0.1) is 16.7 Å². The number of halogens is 3. The van der Waals surface area contributed by atoms with E-state index in [1.54, 1.807) is 42.6 Å². The minimum absolute atomic E-state index is 0.105. The number of nitrogens with one attached hydrogen (secondary N) is 1. The van der Waals surface area contributed by atoms with E-state index in [2.05, 4.69) is 10.3 Å². The number of hydrogen-bond donors (Lipinski definition) is 1. The maximum Gasteiger partial charge on any atom is 0.417 e. The SMILES string of the molecule is O=C(Nc1cccc(C(=O)N2CCN(C(=O)c3ccccc3C(F)(F)F)CC2)c1)c1cccnc1. The summed E-state index contributed by atoms with van der Waals surface area (Å²) in [6.45, 7) is 0.554. The first-order chi connectivity index (χ1) is 16.7. The van der Waals surface area contributed by atoms with Crippen molar-refractivity contribution in [2.45, 2.75) is 6.18 Å². The zero-order valence-corrected chi connectivity index (χ0v) is 18.5. The van der Waals surface area contributed by atoms with E-state index in [1.807, 2.05) is 0 Å². The number of anilines is 1. The molecule has 1 fully saturated rings. The number of piperazine rings is 1. The molecule has 0 saturated carbocycles. The Bertz CT molecular complexity index is 1240. The molecule has 0 aliphatic carbocycles. The number of rotatable bonds is 4. The zero-order chi connectivity index (χ0) is 25.0. The normalized spacial score (nSPS) is 13.9. The third-order valence-electron chi connectivity index (χ3n) is 5.61. The van der Waals surface area contributed by atoms with Crippen LogP contribution in [0.1, 0.15) is 36.6 Å². The van der Waals surface area contributed by atoms with Crippen LogP contribution in [0.2, 0.25) is 0 Å². The van der Waals surface area contributed by atoms with E-state index in [9.17, 15) is 27.6 Å². The van der Waals surface area contributed by atoms with E-state index in [4.69, 9.17) is 0 Å². The predicted octanol–water partition coefficient (Wildman–Crippen LogP) is 3.95. The van der Waals surface area contributed by atoms with Gasteiger partial charge in [0.2, 0.25) is 0 Å². The summed E-state index contributed by atoms with van der Waals surface area (Å²) in [6, 6.07) is 14.4. The molecule has 3 amide bonds. The summed E-state index contributed by atoms with van der Waals surface area (Å²) < 4.78 is 39.9. The van der Waals surface area contributed by atoms with Crippen molar-refractivity contribution >= 4 is 23.4 Å². The topological polar surface area (TPSA) is 82.6 Å². The number of carbonyl (C=O) groups excluding carboxylic acids is 3. The molecule has 2 aromatic carbocycles. The van der Waals surface area contributed by atoms with Gasteiger partial charge < -0.3 is 15.1 Å². The fraction of sp³-hybridized carbons (Fsp3) is 0.200. The summed E-state index contributed by atoms with van der Waals surface area (Å²) in [7, 11) is 0. The molecule has 0 atom stereocenters. The lowest BCUT2D eigenvalue weighted by molar-refractivity contribution is -0.138. The number of carbonyl (C=O) groups is 3. The van der Waals surface area contributed by atoms with E-state index in [1.165, 1.54) is 28.1 Å². The van der Waals surface area contributed by atoms with Crippen LogP contribution in [0.25, 0.3) is 0 Å². The fourth-order valence-electron chi connectivity index (χ4n) is 3.81. The van der Waals surface area contributed by atoms with Crippen LogP contribution in [0.4, 0.5) is 18.9 Å². The summed E-state index contributed by atoms with van der Waals surface area (Å²) in [5.41, 5.74) is -0.235. The first kappa shape index (κ1) is 23.9.